The lowest BCUT2D eigenvalue weighted by Gasteiger charge is -2.11. The average molecular weight is 220 g/mol. The molecule has 16 heavy (non-hydrogen) atoms. The Bertz CT molecular complexity index is 334. The Balaban J connectivity index is 1.72. The monoisotopic (exact) mass is 220 g/mol. The van der Waals surface area contributed by atoms with Gasteiger partial charge in [0.15, 0.2) is 0 Å². The maximum Gasteiger partial charge on any atom is 0.412 e. The van der Waals surface area contributed by atoms with E-state index in [0.717, 1.165) is 13.0 Å². The van der Waals surface area contributed by atoms with E-state index in [2.05, 4.69) is 10.6 Å². The fourth-order valence-electron chi connectivity index (χ4n) is 1.77. The third kappa shape index (κ3) is 3.24. The minimum atomic E-state index is -0.389. The van der Waals surface area contributed by atoms with Crippen LogP contribution in [0.1, 0.15) is 12.8 Å². The number of ether oxygens (including phenoxy) is 1. The van der Waals surface area contributed by atoms with Gasteiger partial charge in [-0.25, -0.2) is 4.79 Å². The van der Waals surface area contributed by atoms with Gasteiger partial charge in [0.05, 0.1) is 0 Å². The molecule has 1 heterocycles. The van der Waals surface area contributed by atoms with Crippen LogP contribution in [0.4, 0.5) is 4.79 Å². The molecular weight excluding hydrogens is 204 g/mol. The van der Waals surface area contributed by atoms with E-state index in [1.165, 1.54) is 6.42 Å². The third-order valence-electron chi connectivity index (χ3n) is 2.61. The molecule has 1 fully saturated rings. The Morgan fingerprint density at radius 1 is 1.44 bits per heavy atom. The molecule has 1 atom stereocenters. The second kappa shape index (κ2) is 5.51. The van der Waals surface area contributed by atoms with E-state index in [4.69, 9.17) is 4.74 Å². The zero-order valence-corrected chi connectivity index (χ0v) is 9.11. The van der Waals surface area contributed by atoms with E-state index in [9.17, 15) is 4.79 Å². The van der Waals surface area contributed by atoms with Crippen LogP contribution in [-0.2, 0) is 0 Å². The molecule has 1 aromatic rings. The lowest BCUT2D eigenvalue weighted by Crippen LogP contribution is -2.38. The summed E-state index contributed by atoms with van der Waals surface area (Å²) in [5.74, 6) is 0.569. The first-order valence-electron chi connectivity index (χ1n) is 5.59. The van der Waals surface area contributed by atoms with Crippen molar-refractivity contribution >= 4 is 6.09 Å². The standard InChI is InChI=1S/C12H16N2O2/c15-12(14-9-10-5-4-8-13-10)16-11-6-2-1-3-7-11/h1-3,6-7,10,13H,4-5,8-9H2,(H,14,15). The molecule has 2 rings (SSSR count). The molecule has 1 unspecified atom stereocenters. The van der Waals surface area contributed by atoms with Gasteiger partial charge in [-0.2, -0.15) is 0 Å². The fourth-order valence-corrected chi connectivity index (χ4v) is 1.77. The second-order valence-corrected chi connectivity index (χ2v) is 3.88. The molecule has 1 aliphatic rings. The summed E-state index contributed by atoms with van der Waals surface area (Å²) < 4.78 is 5.10. The van der Waals surface area contributed by atoms with E-state index >= 15 is 0 Å². The van der Waals surface area contributed by atoms with Crippen molar-refractivity contribution in [2.24, 2.45) is 0 Å². The molecule has 0 aromatic heterocycles. The van der Waals surface area contributed by atoms with Crippen molar-refractivity contribution in [1.82, 2.24) is 10.6 Å². The van der Waals surface area contributed by atoms with Crippen molar-refractivity contribution in [3.8, 4) is 5.75 Å². The Morgan fingerprint density at radius 3 is 2.94 bits per heavy atom. The second-order valence-electron chi connectivity index (χ2n) is 3.88. The Morgan fingerprint density at radius 2 is 2.25 bits per heavy atom. The highest BCUT2D eigenvalue weighted by Crippen LogP contribution is 2.08. The van der Waals surface area contributed by atoms with Gasteiger partial charge in [-0.05, 0) is 31.5 Å². The minimum absolute atomic E-state index is 0.389. The maximum absolute atomic E-state index is 11.4. The number of para-hydroxylation sites is 1. The number of rotatable bonds is 3. The van der Waals surface area contributed by atoms with E-state index in [0.29, 0.717) is 18.3 Å². The van der Waals surface area contributed by atoms with E-state index < -0.39 is 0 Å². The molecule has 0 spiro atoms. The first-order chi connectivity index (χ1) is 7.84. The van der Waals surface area contributed by atoms with E-state index in [1.807, 2.05) is 18.2 Å². The van der Waals surface area contributed by atoms with Crippen LogP contribution in [0.2, 0.25) is 0 Å². The van der Waals surface area contributed by atoms with E-state index in [-0.39, 0.29) is 6.09 Å². The van der Waals surface area contributed by atoms with Crippen molar-refractivity contribution in [2.75, 3.05) is 13.1 Å². The molecule has 0 saturated carbocycles. The van der Waals surface area contributed by atoms with Gasteiger partial charge >= 0.3 is 6.09 Å². The molecular formula is C12H16N2O2. The summed E-state index contributed by atoms with van der Waals surface area (Å²) in [5.41, 5.74) is 0. The highest BCUT2D eigenvalue weighted by atomic mass is 16.6. The van der Waals surface area contributed by atoms with Crippen LogP contribution in [0.15, 0.2) is 30.3 Å². The first kappa shape index (κ1) is 11.0. The molecule has 4 nitrogen and oxygen atoms in total. The van der Waals surface area contributed by atoms with Crippen LogP contribution >= 0.6 is 0 Å². The number of hydrogen-bond donors (Lipinski definition) is 2. The predicted octanol–water partition coefficient (Wildman–Crippen LogP) is 1.53. The van der Waals surface area contributed by atoms with Crippen molar-refractivity contribution in [2.45, 2.75) is 18.9 Å². The first-order valence-corrected chi connectivity index (χ1v) is 5.59. The number of nitrogens with one attached hydrogen (secondary N) is 2. The summed E-state index contributed by atoms with van der Waals surface area (Å²) in [5, 5.41) is 6.05. The summed E-state index contributed by atoms with van der Waals surface area (Å²) in [6, 6.07) is 9.46. The van der Waals surface area contributed by atoms with Gasteiger partial charge in [0.2, 0.25) is 0 Å². The molecule has 4 heteroatoms. The van der Waals surface area contributed by atoms with Crippen molar-refractivity contribution < 1.29 is 9.53 Å². The van der Waals surface area contributed by atoms with Gasteiger partial charge in [0.1, 0.15) is 5.75 Å². The normalized spacial score (nSPS) is 19.4. The Kier molecular flexibility index (Phi) is 3.77. The fraction of sp³-hybridized carbons (Fsp3) is 0.417. The Labute approximate surface area is 95.0 Å². The number of carbonyl (C=O) groups is 1. The molecule has 2 N–H and O–H groups in total. The quantitative estimate of drug-likeness (QED) is 0.812. The molecule has 1 saturated heterocycles. The number of carbonyl (C=O) groups excluding carboxylic acids is 1. The number of amides is 1. The highest BCUT2D eigenvalue weighted by molar-refractivity contribution is 5.70. The molecule has 0 radical (unpaired) electrons. The predicted molar refractivity (Wildman–Crippen MR) is 61.5 cm³/mol. The summed E-state index contributed by atoms with van der Waals surface area (Å²) in [6.07, 6.45) is 1.91. The number of hydrogen-bond acceptors (Lipinski definition) is 3. The third-order valence-corrected chi connectivity index (χ3v) is 2.61. The summed E-state index contributed by atoms with van der Waals surface area (Å²) >= 11 is 0. The van der Waals surface area contributed by atoms with Gasteiger partial charge in [0.25, 0.3) is 0 Å². The average Bonchev–Trinajstić information content (AvgIpc) is 2.81. The number of benzene rings is 1. The van der Waals surface area contributed by atoms with Gasteiger partial charge in [-0.1, -0.05) is 18.2 Å². The maximum atomic E-state index is 11.4. The zero-order chi connectivity index (χ0) is 11.2. The van der Waals surface area contributed by atoms with Crippen LogP contribution in [0.25, 0.3) is 0 Å². The molecule has 86 valence electrons. The smallest absolute Gasteiger partial charge is 0.410 e. The summed E-state index contributed by atoms with van der Waals surface area (Å²) in [6.45, 7) is 1.67. The van der Waals surface area contributed by atoms with Crippen LogP contribution in [0.5, 0.6) is 5.75 Å². The molecule has 1 aliphatic heterocycles. The lowest BCUT2D eigenvalue weighted by molar-refractivity contribution is 0.199. The molecule has 1 aromatic carbocycles. The van der Waals surface area contributed by atoms with Gasteiger partial charge < -0.3 is 15.4 Å². The molecule has 1 amide bonds. The SMILES string of the molecule is O=C(NCC1CCCN1)Oc1ccccc1. The minimum Gasteiger partial charge on any atom is -0.410 e. The van der Waals surface area contributed by atoms with Gasteiger partial charge in [-0.3, -0.25) is 0 Å². The lowest BCUT2D eigenvalue weighted by atomic mass is 10.2. The largest absolute Gasteiger partial charge is 0.412 e. The Hall–Kier alpha value is -1.55. The van der Waals surface area contributed by atoms with Crippen LogP contribution in [-0.4, -0.2) is 25.2 Å². The van der Waals surface area contributed by atoms with Crippen molar-refractivity contribution in [3.05, 3.63) is 30.3 Å². The summed E-state index contributed by atoms with van der Waals surface area (Å²) in [7, 11) is 0. The summed E-state index contributed by atoms with van der Waals surface area (Å²) in [4.78, 5) is 11.4. The molecule has 0 bridgehead atoms. The van der Waals surface area contributed by atoms with Crippen molar-refractivity contribution in [3.63, 3.8) is 0 Å². The van der Waals surface area contributed by atoms with Crippen LogP contribution in [0.3, 0.4) is 0 Å². The van der Waals surface area contributed by atoms with E-state index in [1.54, 1.807) is 12.1 Å². The topological polar surface area (TPSA) is 50.4 Å². The van der Waals surface area contributed by atoms with Gasteiger partial charge in [0, 0.05) is 12.6 Å². The molecule has 0 aliphatic carbocycles. The van der Waals surface area contributed by atoms with Crippen LogP contribution < -0.4 is 15.4 Å². The van der Waals surface area contributed by atoms with Crippen molar-refractivity contribution in [1.29, 1.82) is 0 Å². The van der Waals surface area contributed by atoms with Crippen LogP contribution in [0, 0.1) is 0 Å². The zero-order valence-electron chi connectivity index (χ0n) is 9.11. The highest BCUT2D eigenvalue weighted by Gasteiger charge is 2.14. The van der Waals surface area contributed by atoms with Gasteiger partial charge in [-0.15, -0.1) is 0 Å².